The van der Waals surface area contributed by atoms with Gasteiger partial charge in [-0.1, -0.05) is 38.0 Å². The number of phosphoric acid groups is 1. The highest BCUT2D eigenvalue weighted by atomic mass is 31.2. The summed E-state index contributed by atoms with van der Waals surface area (Å²) in [6, 6.07) is 0. The van der Waals surface area contributed by atoms with E-state index in [1.54, 1.807) is 39.0 Å². The van der Waals surface area contributed by atoms with Crippen molar-refractivity contribution in [1.29, 1.82) is 0 Å². The summed E-state index contributed by atoms with van der Waals surface area (Å²) in [7, 11) is -4.01. The highest BCUT2D eigenvalue weighted by Gasteiger charge is 2.35. The lowest BCUT2D eigenvalue weighted by Gasteiger charge is -2.22. The van der Waals surface area contributed by atoms with Crippen molar-refractivity contribution in [3.8, 4) is 0 Å². The maximum atomic E-state index is 13.0. The molecule has 0 aromatic carbocycles. The van der Waals surface area contributed by atoms with Gasteiger partial charge in [-0.15, -0.1) is 0 Å². The molecular formula is C18H27O4P. The summed E-state index contributed by atoms with van der Waals surface area (Å²) in [6.45, 7) is 22.0. The normalized spacial score (nSPS) is 13.4. The fourth-order valence-electron chi connectivity index (χ4n) is 1.16. The molecule has 5 heteroatoms. The van der Waals surface area contributed by atoms with Crippen LogP contribution in [0.25, 0.3) is 0 Å². The molecule has 0 N–H and O–H groups in total. The molecule has 0 fully saturated rings. The van der Waals surface area contributed by atoms with Crippen LogP contribution in [0.4, 0.5) is 0 Å². The second-order valence-electron chi connectivity index (χ2n) is 4.91. The Bertz CT molecular complexity index is 535. The van der Waals surface area contributed by atoms with E-state index in [4.69, 9.17) is 13.6 Å². The van der Waals surface area contributed by atoms with Crippen LogP contribution in [0, 0.1) is 0 Å². The molecule has 0 rings (SSSR count). The van der Waals surface area contributed by atoms with Crippen LogP contribution < -0.4 is 0 Å². The van der Waals surface area contributed by atoms with Crippen molar-refractivity contribution in [2.24, 2.45) is 0 Å². The molecule has 0 heterocycles. The van der Waals surface area contributed by atoms with Gasteiger partial charge in [0.05, 0.1) is 0 Å². The Labute approximate surface area is 140 Å². The van der Waals surface area contributed by atoms with Gasteiger partial charge in [0.1, 0.15) is 17.3 Å². The molecule has 23 heavy (non-hydrogen) atoms. The van der Waals surface area contributed by atoms with Crippen molar-refractivity contribution < 1.29 is 18.1 Å². The van der Waals surface area contributed by atoms with E-state index in [9.17, 15) is 4.57 Å². The molecule has 0 aliphatic heterocycles. The van der Waals surface area contributed by atoms with Gasteiger partial charge in [0, 0.05) is 0 Å². The average molecular weight is 338 g/mol. The van der Waals surface area contributed by atoms with E-state index in [2.05, 4.69) is 19.7 Å². The smallest absolute Gasteiger partial charge is 0.386 e. The highest BCUT2D eigenvalue weighted by Crippen LogP contribution is 2.56. The summed E-state index contributed by atoms with van der Waals surface area (Å²) in [5, 5.41) is 0. The summed E-state index contributed by atoms with van der Waals surface area (Å²) in [5.41, 5.74) is 2.16. The average Bonchev–Trinajstić information content (AvgIpc) is 2.51. The number of hydrogen-bond acceptors (Lipinski definition) is 4. The third kappa shape index (κ3) is 6.79. The largest absolute Gasteiger partial charge is 0.647 e. The van der Waals surface area contributed by atoms with Crippen LogP contribution in [0.5, 0.6) is 0 Å². The number of hydrogen-bond donors (Lipinski definition) is 0. The maximum absolute atomic E-state index is 13.0. The van der Waals surface area contributed by atoms with E-state index in [0.29, 0.717) is 0 Å². The second-order valence-corrected chi connectivity index (χ2v) is 6.35. The zero-order valence-electron chi connectivity index (χ0n) is 14.9. The van der Waals surface area contributed by atoms with Crippen LogP contribution in [0.15, 0.2) is 72.0 Å². The molecule has 0 aliphatic carbocycles. The molecule has 0 atom stereocenters. The van der Waals surface area contributed by atoms with Crippen LogP contribution in [0.2, 0.25) is 0 Å². The molecule has 0 aromatic rings. The van der Waals surface area contributed by atoms with E-state index in [0.717, 1.165) is 16.7 Å². The third-order valence-electron chi connectivity index (χ3n) is 3.28. The van der Waals surface area contributed by atoms with Gasteiger partial charge < -0.3 is 13.6 Å². The van der Waals surface area contributed by atoms with Crippen molar-refractivity contribution >= 4 is 7.82 Å². The van der Waals surface area contributed by atoms with Gasteiger partial charge in [-0.25, -0.2) is 0 Å². The van der Waals surface area contributed by atoms with E-state index < -0.39 is 7.82 Å². The Kier molecular flexibility index (Phi) is 8.49. The standard InChI is InChI=1S/C18H27O4P/c1-10-13(4)16(7)20-23(19,21-17(8)14(5)11-2)22-18(9)15(6)12-3/h10-12H,7-9H2,1-6H3/b13-10+,14-11+,15-12+. The Balaban J connectivity index is 5.52. The lowest BCUT2D eigenvalue weighted by Crippen LogP contribution is -2.02. The summed E-state index contributed by atoms with van der Waals surface area (Å²) >= 11 is 0. The highest BCUT2D eigenvalue weighted by molar-refractivity contribution is 7.48. The molecule has 0 radical (unpaired) electrons. The summed E-state index contributed by atoms with van der Waals surface area (Å²) in [6.07, 6.45) is 5.35. The van der Waals surface area contributed by atoms with E-state index in [1.807, 2.05) is 20.8 Å². The Morgan fingerprint density at radius 3 is 1.09 bits per heavy atom. The molecule has 0 spiro atoms. The van der Waals surface area contributed by atoms with E-state index in [1.165, 1.54) is 0 Å². The van der Waals surface area contributed by atoms with Crippen molar-refractivity contribution in [3.63, 3.8) is 0 Å². The van der Waals surface area contributed by atoms with Gasteiger partial charge in [-0.3, -0.25) is 0 Å². The molecule has 0 saturated heterocycles. The zero-order chi connectivity index (χ0) is 18.2. The first-order valence-corrected chi connectivity index (χ1v) is 8.71. The lowest BCUT2D eigenvalue weighted by molar-refractivity contribution is 0.202. The number of rotatable bonds is 9. The van der Waals surface area contributed by atoms with Crippen LogP contribution in [-0.4, -0.2) is 0 Å². The van der Waals surface area contributed by atoms with Gasteiger partial charge >= 0.3 is 7.82 Å². The SMILES string of the molecule is C=C(OP(=O)(OC(=C)/C(C)=C/C)OC(=C)/C(C)=C/C)/C(C)=C/C. The van der Waals surface area contributed by atoms with Crippen LogP contribution in [0.3, 0.4) is 0 Å². The summed E-state index contributed by atoms with van der Waals surface area (Å²) in [5.74, 6) is 0.605. The molecule has 0 aliphatic rings. The summed E-state index contributed by atoms with van der Waals surface area (Å²) in [4.78, 5) is 0. The predicted molar refractivity (Wildman–Crippen MR) is 96.6 cm³/mol. The van der Waals surface area contributed by atoms with E-state index in [-0.39, 0.29) is 17.3 Å². The molecule has 4 nitrogen and oxygen atoms in total. The van der Waals surface area contributed by atoms with Crippen molar-refractivity contribution in [3.05, 3.63) is 72.0 Å². The van der Waals surface area contributed by atoms with Crippen molar-refractivity contribution in [2.75, 3.05) is 0 Å². The quantitative estimate of drug-likeness (QED) is 0.270. The van der Waals surface area contributed by atoms with Crippen molar-refractivity contribution in [2.45, 2.75) is 41.5 Å². The predicted octanol–water partition coefficient (Wildman–Crippen LogP) is 6.58. The molecule has 0 bridgehead atoms. The van der Waals surface area contributed by atoms with Gasteiger partial charge in [-0.2, -0.15) is 4.57 Å². The molecule has 0 unspecified atom stereocenters. The maximum Gasteiger partial charge on any atom is 0.647 e. The fourth-order valence-corrected chi connectivity index (χ4v) is 2.51. The summed E-state index contributed by atoms with van der Waals surface area (Å²) < 4.78 is 29.2. The topological polar surface area (TPSA) is 44.8 Å². The minimum atomic E-state index is -4.01. The second kappa shape index (κ2) is 9.26. The Morgan fingerprint density at radius 1 is 0.696 bits per heavy atom. The van der Waals surface area contributed by atoms with Crippen LogP contribution >= 0.6 is 7.82 Å². The Morgan fingerprint density at radius 2 is 0.913 bits per heavy atom. The van der Waals surface area contributed by atoms with Crippen LogP contribution in [0.1, 0.15) is 41.5 Å². The molecule has 0 amide bonds. The van der Waals surface area contributed by atoms with Crippen molar-refractivity contribution in [1.82, 2.24) is 0 Å². The first-order valence-electron chi connectivity index (χ1n) is 7.25. The molecular weight excluding hydrogens is 311 g/mol. The van der Waals surface area contributed by atoms with Gasteiger partial charge in [0.15, 0.2) is 0 Å². The lowest BCUT2D eigenvalue weighted by atomic mass is 10.3. The van der Waals surface area contributed by atoms with E-state index >= 15 is 0 Å². The number of allylic oxidation sites excluding steroid dienone is 6. The van der Waals surface area contributed by atoms with Crippen LogP contribution in [-0.2, 0) is 18.1 Å². The molecule has 0 aromatic heterocycles. The van der Waals surface area contributed by atoms with Gasteiger partial charge in [-0.05, 0) is 58.3 Å². The first-order chi connectivity index (χ1) is 10.6. The van der Waals surface area contributed by atoms with Gasteiger partial charge in [0.2, 0.25) is 0 Å². The molecule has 0 saturated carbocycles. The first kappa shape index (κ1) is 21.1. The Hall–Kier alpha value is -1.93. The van der Waals surface area contributed by atoms with Gasteiger partial charge in [0.25, 0.3) is 0 Å². The monoisotopic (exact) mass is 338 g/mol. The fraction of sp³-hybridized carbons (Fsp3) is 0.333. The minimum Gasteiger partial charge on any atom is -0.386 e. The number of phosphoric ester groups is 1. The minimum absolute atomic E-state index is 0.202. The zero-order valence-corrected chi connectivity index (χ0v) is 15.8. The third-order valence-corrected chi connectivity index (χ3v) is 4.62. The molecule has 128 valence electrons.